The lowest BCUT2D eigenvalue weighted by Crippen LogP contribution is -2.30. The third kappa shape index (κ3) is 4.62. The minimum atomic E-state index is -0.656. The molecule has 1 unspecified atom stereocenters. The number of aryl methyl sites for hydroxylation is 1. The third-order valence-electron chi connectivity index (χ3n) is 3.23. The average molecular weight is 399 g/mol. The number of amides is 1. The van der Waals surface area contributed by atoms with Gasteiger partial charge < -0.3 is 14.8 Å². The number of halogens is 2. The SMILES string of the molecule is COc1cc(Cl)c(C)cc1NC(=O)C(C)Oc1ccc(Br)cc1. The van der Waals surface area contributed by atoms with Gasteiger partial charge in [0.05, 0.1) is 12.8 Å². The second-order valence-electron chi connectivity index (χ2n) is 5.00. The highest BCUT2D eigenvalue weighted by molar-refractivity contribution is 9.10. The molecule has 0 bridgehead atoms. The first-order valence-corrected chi connectivity index (χ1v) is 8.15. The quantitative estimate of drug-likeness (QED) is 0.785. The lowest BCUT2D eigenvalue weighted by molar-refractivity contribution is -0.122. The Morgan fingerprint density at radius 1 is 1.26 bits per heavy atom. The number of nitrogens with one attached hydrogen (secondary N) is 1. The molecule has 2 aromatic carbocycles. The molecule has 0 spiro atoms. The highest BCUT2D eigenvalue weighted by Crippen LogP contribution is 2.31. The molecule has 1 N–H and O–H groups in total. The molecule has 0 aliphatic rings. The number of methoxy groups -OCH3 is 1. The van der Waals surface area contributed by atoms with Crippen molar-refractivity contribution in [3.8, 4) is 11.5 Å². The van der Waals surface area contributed by atoms with Crippen LogP contribution in [0.3, 0.4) is 0 Å². The Morgan fingerprint density at radius 3 is 2.52 bits per heavy atom. The Labute approximate surface area is 148 Å². The largest absolute Gasteiger partial charge is 0.495 e. The number of ether oxygens (including phenoxy) is 2. The smallest absolute Gasteiger partial charge is 0.265 e. The lowest BCUT2D eigenvalue weighted by Gasteiger charge is -2.17. The van der Waals surface area contributed by atoms with Crippen molar-refractivity contribution in [2.45, 2.75) is 20.0 Å². The summed E-state index contributed by atoms with van der Waals surface area (Å²) in [5, 5.41) is 3.39. The number of carbonyl (C=O) groups is 1. The summed E-state index contributed by atoms with van der Waals surface area (Å²) in [5.41, 5.74) is 1.41. The zero-order valence-electron chi connectivity index (χ0n) is 13.0. The van der Waals surface area contributed by atoms with Gasteiger partial charge in [-0.05, 0) is 49.7 Å². The van der Waals surface area contributed by atoms with Crippen molar-refractivity contribution in [2.24, 2.45) is 0 Å². The minimum absolute atomic E-state index is 0.270. The summed E-state index contributed by atoms with van der Waals surface area (Å²) < 4.78 is 11.8. The molecule has 2 rings (SSSR count). The van der Waals surface area contributed by atoms with Gasteiger partial charge in [-0.2, -0.15) is 0 Å². The van der Waals surface area contributed by atoms with Gasteiger partial charge in [0.1, 0.15) is 11.5 Å². The fourth-order valence-electron chi connectivity index (χ4n) is 1.93. The zero-order valence-corrected chi connectivity index (χ0v) is 15.4. The number of benzene rings is 2. The zero-order chi connectivity index (χ0) is 17.0. The standard InChI is InChI=1S/C17H17BrClNO3/c1-10-8-15(16(22-3)9-14(10)19)20-17(21)11(2)23-13-6-4-12(18)5-7-13/h4-9,11H,1-3H3,(H,20,21). The first-order chi connectivity index (χ1) is 10.9. The summed E-state index contributed by atoms with van der Waals surface area (Å²) in [4.78, 5) is 12.3. The van der Waals surface area contributed by atoms with Crippen molar-refractivity contribution in [3.63, 3.8) is 0 Å². The van der Waals surface area contributed by atoms with Crippen LogP contribution in [0, 0.1) is 6.92 Å². The number of anilines is 1. The van der Waals surface area contributed by atoms with E-state index in [1.54, 1.807) is 31.2 Å². The van der Waals surface area contributed by atoms with Gasteiger partial charge in [-0.15, -0.1) is 0 Å². The molecule has 122 valence electrons. The van der Waals surface area contributed by atoms with Crippen molar-refractivity contribution in [1.29, 1.82) is 0 Å². The van der Waals surface area contributed by atoms with Crippen LogP contribution in [-0.4, -0.2) is 19.1 Å². The molecule has 0 fully saturated rings. The Balaban J connectivity index is 2.09. The van der Waals surface area contributed by atoms with Gasteiger partial charge >= 0.3 is 0 Å². The highest BCUT2D eigenvalue weighted by atomic mass is 79.9. The van der Waals surface area contributed by atoms with E-state index in [-0.39, 0.29) is 5.91 Å². The molecule has 0 aromatic heterocycles. The van der Waals surface area contributed by atoms with Gasteiger partial charge in [0.2, 0.25) is 0 Å². The first-order valence-electron chi connectivity index (χ1n) is 6.98. The molecule has 0 radical (unpaired) electrons. The highest BCUT2D eigenvalue weighted by Gasteiger charge is 2.17. The van der Waals surface area contributed by atoms with Crippen LogP contribution in [0.4, 0.5) is 5.69 Å². The van der Waals surface area contributed by atoms with Gasteiger partial charge in [-0.25, -0.2) is 0 Å². The molecular weight excluding hydrogens is 382 g/mol. The van der Waals surface area contributed by atoms with E-state index in [4.69, 9.17) is 21.1 Å². The van der Waals surface area contributed by atoms with E-state index in [9.17, 15) is 4.79 Å². The van der Waals surface area contributed by atoms with Crippen LogP contribution in [0.2, 0.25) is 5.02 Å². The third-order valence-corrected chi connectivity index (χ3v) is 4.17. The van der Waals surface area contributed by atoms with E-state index >= 15 is 0 Å². The van der Waals surface area contributed by atoms with E-state index in [0.29, 0.717) is 22.2 Å². The number of carbonyl (C=O) groups excluding carboxylic acids is 1. The maximum atomic E-state index is 12.3. The normalized spacial score (nSPS) is 11.7. The number of rotatable bonds is 5. The molecule has 0 saturated heterocycles. The molecule has 2 aromatic rings. The van der Waals surface area contributed by atoms with Gasteiger partial charge in [-0.1, -0.05) is 27.5 Å². The summed E-state index contributed by atoms with van der Waals surface area (Å²) in [6.07, 6.45) is -0.656. The molecule has 0 aliphatic carbocycles. The molecule has 4 nitrogen and oxygen atoms in total. The Morgan fingerprint density at radius 2 is 1.91 bits per heavy atom. The molecule has 6 heteroatoms. The van der Waals surface area contributed by atoms with Crippen LogP contribution in [0.15, 0.2) is 40.9 Å². The van der Waals surface area contributed by atoms with E-state index < -0.39 is 6.10 Å². The predicted molar refractivity (Wildman–Crippen MR) is 95.6 cm³/mol. The summed E-state index contributed by atoms with van der Waals surface area (Å²) in [7, 11) is 1.53. The van der Waals surface area contributed by atoms with Crippen molar-refractivity contribution in [1.82, 2.24) is 0 Å². The minimum Gasteiger partial charge on any atom is -0.495 e. The summed E-state index contributed by atoms with van der Waals surface area (Å²) in [5.74, 6) is 0.854. The lowest BCUT2D eigenvalue weighted by atomic mass is 10.2. The second-order valence-corrected chi connectivity index (χ2v) is 6.33. The van der Waals surface area contributed by atoms with Crippen molar-refractivity contribution < 1.29 is 14.3 Å². The predicted octanol–water partition coefficient (Wildman–Crippen LogP) is 4.83. The van der Waals surface area contributed by atoms with Crippen LogP contribution >= 0.6 is 27.5 Å². The fraction of sp³-hybridized carbons (Fsp3) is 0.235. The van der Waals surface area contributed by atoms with Crippen molar-refractivity contribution in [3.05, 3.63) is 51.5 Å². The first kappa shape index (κ1) is 17.6. The van der Waals surface area contributed by atoms with Gasteiger partial charge in [0.15, 0.2) is 6.10 Å². The van der Waals surface area contributed by atoms with Crippen LogP contribution in [0.25, 0.3) is 0 Å². The van der Waals surface area contributed by atoms with E-state index in [1.807, 2.05) is 19.1 Å². The summed E-state index contributed by atoms with van der Waals surface area (Å²) in [6, 6.07) is 10.7. The number of hydrogen-bond acceptors (Lipinski definition) is 3. The van der Waals surface area contributed by atoms with Crippen LogP contribution in [-0.2, 0) is 4.79 Å². The molecule has 0 saturated carbocycles. The van der Waals surface area contributed by atoms with E-state index in [1.165, 1.54) is 7.11 Å². The van der Waals surface area contributed by atoms with Crippen molar-refractivity contribution in [2.75, 3.05) is 12.4 Å². The van der Waals surface area contributed by atoms with Gasteiger partial charge in [0, 0.05) is 15.6 Å². The molecule has 1 amide bonds. The van der Waals surface area contributed by atoms with Crippen LogP contribution in [0.1, 0.15) is 12.5 Å². The maximum absolute atomic E-state index is 12.3. The monoisotopic (exact) mass is 397 g/mol. The number of hydrogen-bond donors (Lipinski definition) is 1. The second kappa shape index (κ2) is 7.70. The summed E-state index contributed by atoms with van der Waals surface area (Å²) in [6.45, 7) is 3.55. The van der Waals surface area contributed by atoms with Crippen LogP contribution in [0.5, 0.6) is 11.5 Å². The Kier molecular flexibility index (Phi) is 5.91. The van der Waals surface area contributed by atoms with E-state index in [2.05, 4.69) is 21.2 Å². The topological polar surface area (TPSA) is 47.6 Å². The van der Waals surface area contributed by atoms with E-state index in [0.717, 1.165) is 10.0 Å². The molecule has 0 heterocycles. The van der Waals surface area contributed by atoms with Gasteiger partial charge in [0.25, 0.3) is 5.91 Å². The van der Waals surface area contributed by atoms with Crippen LogP contribution < -0.4 is 14.8 Å². The average Bonchev–Trinajstić information content (AvgIpc) is 2.52. The molecular formula is C17H17BrClNO3. The molecule has 23 heavy (non-hydrogen) atoms. The fourth-order valence-corrected chi connectivity index (χ4v) is 2.35. The van der Waals surface area contributed by atoms with Crippen molar-refractivity contribution >= 4 is 39.1 Å². The van der Waals surface area contributed by atoms with Gasteiger partial charge in [-0.3, -0.25) is 4.79 Å². The molecule has 1 atom stereocenters. The Hall–Kier alpha value is -1.72. The molecule has 0 aliphatic heterocycles. The maximum Gasteiger partial charge on any atom is 0.265 e. The summed E-state index contributed by atoms with van der Waals surface area (Å²) >= 11 is 9.42. The Bertz CT molecular complexity index is 704.